The minimum absolute atomic E-state index is 0. The zero-order valence-electron chi connectivity index (χ0n) is 8.56. The van der Waals surface area contributed by atoms with Crippen LogP contribution in [-0.4, -0.2) is 32.5 Å². The standard InChI is InChI=1S/C9H12ClN3OS.ClH/c10-8-4-9(13-6-12-8)15(14)7-2-1-3-11-5-7;/h4,6-7,11H,1-3,5H2;1H. The van der Waals surface area contributed by atoms with Gasteiger partial charge in [0.05, 0.1) is 16.0 Å². The summed E-state index contributed by atoms with van der Waals surface area (Å²) in [6, 6.07) is 1.58. The van der Waals surface area contributed by atoms with E-state index in [1.165, 1.54) is 6.33 Å². The highest BCUT2D eigenvalue weighted by Gasteiger charge is 2.21. The Morgan fingerprint density at radius 1 is 1.50 bits per heavy atom. The molecule has 0 radical (unpaired) electrons. The summed E-state index contributed by atoms with van der Waals surface area (Å²) in [7, 11) is -1.08. The van der Waals surface area contributed by atoms with Gasteiger partial charge in [-0.2, -0.15) is 0 Å². The normalized spacial score (nSPS) is 22.2. The van der Waals surface area contributed by atoms with E-state index in [-0.39, 0.29) is 17.7 Å². The third-order valence-electron chi connectivity index (χ3n) is 2.37. The van der Waals surface area contributed by atoms with E-state index in [4.69, 9.17) is 11.6 Å². The highest BCUT2D eigenvalue weighted by molar-refractivity contribution is 7.85. The van der Waals surface area contributed by atoms with Gasteiger partial charge >= 0.3 is 0 Å². The molecule has 0 bridgehead atoms. The molecule has 0 spiro atoms. The minimum atomic E-state index is -1.08. The second-order valence-corrected chi connectivity index (χ2v) is 5.51. The van der Waals surface area contributed by atoms with Gasteiger partial charge in [-0.05, 0) is 19.4 Å². The first-order valence-electron chi connectivity index (χ1n) is 4.86. The van der Waals surface area contributed by atoms with Crippen molar-refractivity contribution in [1.82, 2.24) is 15.3 Å². The van der Waals surface area contributed by atoms with Gasteiger partial charge in [-0.15, -0.1) is 12.4 Å². The summed E-state index contributed by atoms with van der Waals surface area (Å²) in [5.74, 6) is 0. The lowest BCUT2D eigenvalue weighted by atomic mass is 10.2. The summed E-state index contributed by atoms with van der Waals surface area (Å²) in [6.07, 6.45) is 3.39. The molecular weight excluding hydrogens is 269 g/mol. The van der Waals surface area contributed by atoms with E-state index in [0.29, 0.717) is 10.2 Å². The fourth-order valence-corrected chi connectivity index (χ4v) is 3.18. The molecule has 1 aromatic heterocycles. The van der Waals surface area contributed by atoms with Gasteiger partial charge < -0.3 is 5.32 Å². The van der Waals surface area contributed by atoms with Crippen LogP contribution in [0.1, 0.15) is 12.8 Å². The molecule has 7 heteroatoms. The Kier molecular flexibility index (Phi) is 5.61. The molecule has 2 rings (SSSR count). The third-order valence-corrected chi connectivity index (χ3v) is 4.22. The molecule has 1 aliphatic heterocycles. The first kappa shape index (κ1) is 13.8. The Morgan fingerprint density at radius 3 is 2.94 bits per heavy atom. The molecule has 90 valence electrons. The van der Waals surface area contributed by atoms with Crippen molar-refractivity contribution in [1.29, 1.82) is 0 Å². The lowest BCUT2D eigenvalue weighted by molar-refractivity contribution is 0.519. The first-order chi connectivity index (χ1) is 7.27. The molecular formula is C9H13Cl2N3OS. The summed E-state index contributed by atoms with van der Waals surface area (Å²) in [4.78, 5) is 7.76. The molecule has 0 saturated carbocycles. The average Bonchev–Trinajstić information content (AvgIpc) is 2.29. The van der Waals surface area contributed by atoms with E-state index in [1.54, 1.807) is 6.07 Å². The van der Waals surface area contributed by atoms with Crippen molar-refractivity contribution < 1.29 is 4.21 Å². The van der Waals surface area contributed by atoms with Gasteiger partial charge in [-0.25, -0.2) is 9.97 Å². The molecule has 4 nitrogen and oxygen atoms in total. The smallest absolute Gasteiger partial charge is 0.133 e. The van der Waals surface area contributed by atoms with Gasteiger partial charge in [0.1, 0.15) is 16.5 Å². The third kappa shape index (κ3) is 3.38. The van der Waals surface area contributed by atoms with Gasteiger partial charge in [-0.1, -0.05) is 11.6 Å². The van der Waals surface area contributed by atoms with Crippen LogP contribution in [0.3, 0.4) is 0 Å². The summed E-state index contributed by atoms with van der Waals surface area (Å²) >= 11 is 5.73. The van der Waals surface area contributed by atoms with Gasteiger partial charge in [0, 0.05) is 12.6 Å². The van der Waals surface area contributed by atoms with Crippen molar-refractivity contribution >= 4 is 34.8 Å². The Labute approximate surface area is 108 Å². The van der Waals surface area contributed by atoms with Gasteiger partial charge in [0.25, 0.3) is 0 Å². The van der Waals surface area contributed by atoms with Crippen molar-refractivity contribution in [3.05, 3.63) is 17.5 Å². The molecule has 2 unspecified atom stereocenters. The number of hydrogen-bond donors (Lipinski definition) is 1. The molecule has 2 atom stereocenters. The first-order valence-corrected chi connectivity index (χ1v) is 6.45. The number of rotatable bonds is 2. The maximum atomic E-state index is 12.1. The van der Waals surface area contributed by atoms with Crippen LogP contribution in [0.4, 0.5) is 0 Å². The fraction of sp³-hybridized carbons (Fsp3) is 0.556. The Balaban J connectivity index is 0.00000128. The zero-order valence-corrected chi connectivity index (χ0v) is 10.9. The van der Waals surface area contributed by atoms with E-state index >= 15 is 0 Å². The fourth-order valence-electron chi connectivity index (χ4n) is 1.60. The molecule has 0 aliphatic carbocycles. The molecule has 2 heterocycles. The molecule has 1 fully saturated rings. The highest BCUT2D eigenvalue weighted by Crippen LogP contribution is 2.16. The van der Waals surface area contributed by atoms with Crippen LogP contribution < -0.4 is 5.32 Å². The molecule has 0 amide bonds. The van der Waals surface area contributed by atoms with Crippen LogP contribution in [0.15, 0.2) is 17.4 Å². The number of nitrogens with one attached hydrogen (secondary N) is 1. The second kappa shape index (κ2) is 6.49. The van der Waals surface area contributed by atoms with Gasteiger partial charge in [0.15, 0.2) is 0 Å². The molecule has 1 aliphatic rings. The van der Waals surface area contributed by atoms with Crippen molar-refractivity contribution in [2.45, 2.75) is 23.1 Å². The summed E-state index contributed by atoms with van der Waals surface area (Å²) in [5.41, 5.74) is 0. The Hall–Kier alpha value is -0.230. The van der Waals surface area contributed by atoms with E-state index < -0.39 is 10.8 Å². The number of aromatic nitrogens is 2. The van der Waals surface area contributed by atoms with Crippen molar-refractivity contribution in [3.63, 3.8) is 0 Å². The van der Waals surface area contributed by atoms with E-state index in [0.717, 1.165) is 25.9 Å². The van der Waals surface area contributed by atoms with Gasteiger partial charge in [0.2, 0.25) is 0 Å². The van der Waals surface area contributed by atoms with Crippen LogP contribution in [0, 0.1) is 0 Å². The predicted molar refractivity (Wildman–Crippen MR) is 66.6 cm³/mol. The van der Waals surface area contributed by atoms with E-state index in [1.807, 2.05) is 0 Å². The van der Waals surface area contributed by atoms with E-state index in [2.05, 4.69) is 15.3 Å². The van der Waals surface area contributed by atoms with Crippen molar-refractivity contribution in [2.75, 3.05) is 13.1 Å². The average molecular weight is 282 g/mol. The molecule has 16 heavy (non-hydrogen) atoms. The molecule has 1 saturated heterocycles. The lowest BCUT2D eigenvalue weighted by Crippen LogP contribution is -2.36. The second-order valence-electron chi connectivity index (χ2n) is 3.44. The summed E-state index contributed by atoms with van der Waals surface area (Å²) in [5, 5.41) is 4.25. The topological polar surface area (TPSA) is 54.9 Å². The van der Waals surface area contributed by atoms with Gasteiger partial charge in [-0.3, -0.25) is 4.21 Å². The largest absolute Gasteiger partial charge is 0.316 e. The SMILES string of the molecule is Cl.O=S(c1cc(Cl)ncn1)C1CCCNC1. The maximum absolute atomic E-state index is 12.1. The van der Waals surface area contributed by atoms with E-state index in [9.17, 15) is 4.21 Å². The zero-order chi connectivity index (χ0) is 10.7. The molecule has 1 N–H and O–H groups in total. The van der Waals surface area contributed by atoms with Crippen molar-refractivity contribution in [3.8, 4) is 0 Å². The molecule has 0 aromatic carbocycles. The number of hydrogen-bond acceptors (Lipinski definition) is 4. The quantitative estimate of drug-likeness (QED) is 0.833. The highest BCUT2D eigenvalue weighted by atomic mass is 35.5. The van der Waals surface area contributed by atoms with Crippen LogP contribution in [0.5, 0.6) is 0 Å². The minimum Gasteiger partial charge on any atom is -0.316 e. The number of halogens is 2. The summed E-state index contributed by atoms with van der Waals surface area (Å²) in [6.45, 7) is 1.80. The maximum Gasteiger partial charge on any atom is 0.133 e. The van der Waals surface area contributed by atoms with Crippen LogP contribution in [-0.2, 0) is 10.8 Å². The van der Waals surface area contributed by atoms with Crippen LogP contribution in [0.2, 0.25) is 5.15 Å². The summed E-state index contributed by atoms with van der Waals surface area (Å²) < 4.78 is 12.1. The predicted octanol–water partition coefficient (Wildman–Crippen LogP) is 1.41. The lowest BCUT2D eigenvalue weighted by Gasteiger charge is -2.21. The number of nitrogens with zero attached hydrogens (tertiary/aromatic N) is 2. The molecule has 1 aromatic rings. The van der Waals surface area contributed by atoms with Crippen molar-refractivity contribution in [2.24, 2.45) is 0 Å². The monoisotopic (exact) mass is 281 g/mol. The number of piperidine rings is 1. The van der Waals surface area contributed by atoms with Crippen LogP contribution in [0.25, 0.3) is 0 Å². The Bertz CT molecular complexity index is 372. The van der Waals surface area contributed by atoms with Crippen LogP contribution >= 0.6 is 24.0 Å². The Morgan fingerprint density at radius 2 is 2.31 bits per heavy atom.